The van der Waals surface area contributed by atoms with Gasteiger partial charge in [0.25, 0.3) is 0 Å². The maximum Gasteiger partial charge on any atom is 0.0323 e. The van der Waals surface area contributed by atoms with Crippen LogP contribution >= 0.6 is 0 Å². The zero-order valence-corrected chi connectivity index (χ0v) is 9.84. The van der Waals surface area contributed by atoms with E-state index in [4.69, 9.17) is 0 Å². The third-order valence-electron chi connectivity index (χ3n) is 3.41. The van der Waals surface area contributed by atoms with Crippen molar-refractivity contribution in [2.45, 2.75) is 45.6 Å². The summed E-state index contributed by atoms with van der Waals surface area (Å²) in [6.07, 6.45) is 4.90. The molecule has 0 amide bonds. The van der Waals surface area contributed by atoms with Crippen LogP contribution in [0.2, 0.25) is 0 Å². The van der Waals surface area contributed by atoms with Crippen molar-refractivity contribution in [1.29, 1.82) is 0 Å². The first-order chi connectivity index (χ1) is 7.36. The molecule has 0 aromatic heterocycles. The number of hydrogen-bond donors (Lipinski definition) is 1. The van der Waals surface area contributed by atoms with Crippen LogP contribution < -0.4 is 5.32 Å². The summed E-state index contributed by atoms with van der Waals surface area (Å²) in [5.41, 5.74) is 4.73. The van der Waals surface area contributed by atoms with E-state index in [9.17, 15) is 0 Å². The average molecular weight is 203 g/mol. The highest BCUT2D eigenvalue weighted by molar-refractivity contribution is 5.39. The fourth-order valence-electron chi connectivity index (χ4n) is 2.64. The predicted molar refractivity (Wildman–Crippen MR) is 65.2 cm³/mol. The monoisotopic (exact) mass is 203 g/mol. The van der Waals surface area contributed by atoms with Gasteiger partial charge in [-0.2, -0.15) is 0 Å². The second-order valence-corrected chi connectivity index (χ2v) is 4.38. The smallest absolute Gasteiger partial charge is 0.0323 e. The SMILES string of the molecule is CCCC1NCCc2c(CC)cccc21. The summed E-state index contributed by atoms with van der Waals surface area (Å²) >= 11 is 0. The second kappa shape index (κ2) is 4.80. The molecule has 0 bridgehead atoms. The van der Waals surface area contributed by atoms with E-state index in [1.807, 2.05) is 0 Å². The van der Waals surface area contributed by atoms with Crippen LogP contribution in [0.5, 0.6) is 0 Å². The van der Waals surface area contributed by atoms with Gasteiger partial charge in [0.1, 0.15) is 0 Å². The van der Waals surface area contributed by atoms with Gasteiger partial charge in [0, 0.05) is 6.04 Å². The van der Waals surface area contributed by atoms with Crippen LogP contribution in [-0.2, 0) is 12.8 Å². The quantitative estimate of drug-likeness (QED) is 0.795. The summed E-state index contributed by atoms with van der Waals surface area (Å²) in [4.78, 5) is 0. The van der Waals surface area contributed by atoms with E-state index in [0.29, 0.717) is 6.04 Å². The Hall–Kier alpha value is -0.820. The lowest BCUT2D eigenvalue weighted by Crippen LogP contribution is -2.30. The molecule has 0 fully saturated rings. The molecular weight excluding hydrogens is 182 g/mol. The molecule has 2 rings (SSSR count). The topological polar surface area (TPSA) is 12.0 Å². The van der Waals surface area contributed by atoms with E-state index in [-0.39, 0.29) is 0 Å². The van der Waals surface area contributed by atoms with E-state index >= 15 is 0 Å². The van der Waals surface area contributed by atoms with Crippen LogP contribution in [0.15, 0.2) is 18.2 Å². The van der Waals surface area contributed by atoms with Crippen molar-refractivity contribution in [1.82, 2.24) is 5.32 Å². The molecule has 1 atom stereocenters. The minimum absolute atomic E-state index is 0.602. The van der Waals surface area contributed by atoms with Gasteiger partial charge in [-0.1, -0.05) is 38.5 Å². The Bertz CT molecular complexity index is 330. The van der Waals surface area contributed by atoms with Crippen LogP contribution in [-0.4, -0.2) is 6.54 Å². The van der Waals surface area contributed by atoms with Gasteiger partial charge >= 0.3 is 0 Å². The highest BCUT2D eigenvalue weighted by Gasteiger charge is 2.19. The molecule has 82 valence electrons. The number of nitrogens with one attached hydrogen (secondary N) is 1. The highest BCUT2D eigenvalue weighted by atomic mass is 14.9. The Labute approximate surface area is 92.9 Å². The largest absolute Gasteiger partial charge is 0.310 e. The maximum absolute atomic E-state index is 3.63. The summed E-state index contributed by atoms with van der Waals surface area (Å²) in [7, 11) is 0. The van der Waals surface area contributed by atoms with Crippen LogP contribution in [0, 0.1) is 0 Å². The van der Waals surface area contributed by atoms with Gasteiger partial charge in [0.05, 0.1) is 0 Å². The normalized spacial score (nSPS) is 20.0. The number of aryl methyl sites for hydroxylation is 1. The molecule has 15 heavy (non-hydrogen) atoms. The van der Waals surface area contributed by atoms with Crippen molar-refractivity contribution in [3.63, 3.8) is 0 Å². The Morgan fingerprint density at radius 2 is 2.20 bits per heavy atom. The van der Waals surface area contributed by atoms with Crippen molar-refractivity contribution in [3.05, 3.63) is 34.9 Å². The van der Waals surface area contributed by atoms with Gasteiger partial charge < -0.3 is 5.32 Å². The molecule has 1 N–H and O–H groups in total. The van der Waals surface area contributed by atoms with Crippen molar-refractivity contribution in [2.75, 3.05) is 6.54 Å². The lowest BCUT2D eigenvalue weighted by Gasteiger charge is -2.28. The van der Waals surface area contributed by atoms with Gasteiger partial charge in [-0.3, -0.25) is 0 Å². The van der Waals surface area contributed by atoms with Crippen molar-refractivity contribution < 1.29 is 0 Å². The summed E-state index contributed by atoms with van der Waals surface area (Å²) in [6.45, 7) is 5.67. The van der Waals surface area contributed by atoms with Crippen LogP contribution in [0.3, 0.4) is 0 Å². The molecule has 1 heterocycles. The molecule has 1 unspecified atom stereocenters. The Kier molecular flexibility index (Phi) is 3.42. The molecule has 0 saturated carbocycles. The van der Waals surface area contributed by atoms with Gasteiger partial charge in [-0.25, -0.2) is 0 Å². The molecule has 1 aromatic carbocycles. The van der Waals surface area contributed by atoms with Crippen molar-refractivity contribution >= 4 is 0 Å². The first kappa shape index (κ1) is 10.7. The predicted octanol–water partition coefficient (Wildman–Crippen LogP) is 3.24. The van der Waals surface area contributed by atoms with Crippen LogP contribution in [0.25, 0.3) is 0 Å². The lowest BCUT2D eigenvalue weighted by molar-refractivity contribution is 0.469. The molecule has 1 aromatic rings. The van der Waals surface area contributed by atoms with Gasteiger partial charge in [0.2, 0.25) is 0 Å². The van der Waals surface area contributed by atoms with Gasteiger partial charge in [-0.05, 0) is 42.5 Å². The molecule has 0 spiro atoms. The summed E-state index contributed by atoms with van der Waals surface area (Å²) in [5, 5.41) is 3.63. The number of benzene rings is 1. The number of rotatable bonds is 3. The molecule has 1 heteroatoms. The molecule has 1 aliphatic heterocycles. The van der Waals surface area contributed by atoms with Crippen LogP contribution in [0.4, 0.5) is 0 Å². The van der Waals surface area contributed by atoms with Crippen LogP contribution in [0.1, 0.15) is 49.4 Å². The van der Waals surface area contributed by atoms with E-state index in [1.165, 1.54) is 25.7 Å². The molecule has 0 aliphatic carbocycles. The second-order valence-electron chi connectivity index (χ2n) is 4.38. The fraction of sp³-hybridized carbons (Fsp3) is 0.571. The minimum atomic E-state index is 0.602. The molecule has 0 saturated heterocycles. The van der Waals surface area contributed by atoms with Crippen molar-refractivity contribution in [2.24, 2.45) is 0 Å². The van der Waals surface area contributed by atoms with Crippen molar-refractivity contribution in [3.8, 4) is 0 Å². The summed E-state index contributed by atoms with van der Waals surface area (Å²) in [6, 6.07) is 7.41. The van der Waals surface area contributed by atoms with Gasteiger partial charge in [0.15, 0.2) is 0 Å². The Morgan fingerprint density at radius 1 is 1.33 bits per heavy atom. The maximum atomic E-state index is 3.63. The fourth-order valence-corrected chi connectivity index (χ4v) is 2.64. The Morgan fingerprint density at radius 3 is 2.93 bits per heavy atom. The standard InChI is InChI=1S/C14H21N/c1-3-6-14-13-8-5-7-11(4-2)12(13)9-10-15-14/h5,7-8,14-15H,3-4,6,9-10H2,1-2H3. The molecule has 1 nitrogen and oxygen atoms in total. The summed E-state index contributed by atoms with van der Waals surface area (Å²) < 4.78 is 0. The van der Waals surface area contributed by atoms with Gasteiger partial charge in [-0.15, -0.1) is 0 Å². The third kappa shape index (κ3) is 2.07. The zero-order chi connectivity index (χ0) is 10.7. The van der Waals surface area contributed by atoms with E-state index < -0.39 is 0 Å². The molecular formula is C14H21N. The van der Waals surface area contributed by atoms with E-state index in [0.717, 1.165) is 6.54 Å². The minimum Gasteiger partial charge on any atom is -0.310 e. The third-order valence-corrected chi connectivity index (χ3v) is 3.41. The number of fused-ring (bicyclic) bond motifs is 1. The highest BCUT2D eigenvalue weighted by Crippen LogP contribution is 2.28. The number of hydrogen-bond acceptors (Lipinski definition) is 1. The zero-order valence-electron chi connectivity index (χ0n) is 9.84. The van der Waals surface area contributed by atoms with E-state index in [1.54, 1.807) is 16.7 Å². The average Bonchev–Trinajstić information content (AvgIpc) is 2.29. The van der Waals surface area contributed by atoms with E-state index in [2.05, 4.69) is 37.4 Å². The lowest BCUT2D eigenvalue weighted by atomic mass is 9.88. The first-order valence-corrected chi connectivity index (χ1v) is 6.20. The first-order valence-electron chi connectivity index (χ1n) is 6.20. The summed E-state index contributed by atoms with van der Waals surface area (Å²) in [5.74, 6) is 0. The Balaban J connectivity index is 2.35. The molecule has 1 aliphatic rings. The molecule has 0 radical (unpaired) electrons.